The van der Waals surface area contributed by atoms with Gasteiger partial charge in [-0.2, -0.15) is 11.8 Å². The maximum absolute atomic E-state index is 11.5. The fraction of sp³-hybridized carbons (Fsp3) is 0.923. The molecule has 2 heterocycles. The van der Waals surface area contributed by atoms with Gasteiger partial charge in [-0.05, 0) is 18.4 Å². The Balaban J connectivity index is 0.00000180. The van der Waals surface area contributed by atoms with Crippen LogP contribution in [0.15, 0.2) is 0 Å². The van der Waals surface area contributed by atoms with E-state index in [1.54, 1.807) is 0 Å². The maximum Gasteiger partial charge on any atom is 0.307 e. The van der Waals surface area contributed by atoms with Gasteiger partial charge in [0.1, 0.15) is 0 Å². The Hall–Kier alpha value is 0.0300. The Morgan fingerprint density at radius 1 is 1.58 bits per heavy atom. The van der Waals surface area contributed by atoms with Gasteiger partial charge in [0.05, 0.1) is 13.5 Å². The van der Waals surface area contributed by atoms with Crippen LogP contribution in [0.25, 0.3) is 0 Å². The largest absolute Gasteiger partial charge is 0.469 e. The standard InChI is InChI=1S/C13H24N2O2S.ClH/c1-13(3-4-14-9-13)10-15-5-6-18-8-11(15)7-12(16)17-2;/h11,14H,3-10H2,1-2H3;1H. The Labute approximate surface area is 126 Å². The minimum atomic E-state index is -0.0813. The van der Waals surface area contributed by atoms with E-state index in [0.29, 0.717) is 17.9 Å². The van der Waals surface area contributed by atoms with Crippen LogP contribution >= 0.6 is 24.2 Å². The highest BCUT2D eigenvalue weighted by Gasteiger charge is 2.34. The molecule has 6 heteroatoms. The molecule has 4 nitrogen and oxygen atoms in total. The number of nitrogens with zero attached hydrogens (tertiary/aromatic N) is 1. The molecule has 0 aliphatic carbocycles. The second kappa shape index (κ2) is 7.72. The lowest BCUT2D eigenvalue weighted by Gasteiger charge is -2.39. The van der Waals surface area contributed by atoms with Crippen molar-refractivity contribution < 1.29 is 9.53 Å². The van der Waals surface area contributed by atoms with Gasteiger partial charge in [0.25, 0.3) is 0 Å². The lowest BCUT2D eigenvalue weighted by molar-refractivity contribution is -0.142. The SMILES string of the molecule is COC(=O)CC1CSCCN1CC1(C)CCNC1.Cl. The second-order valence-corrected chi connectivity index (χ2v) is 6.87. The third kappa shape index (κ3) is 4.81. The fourth-order valence-corrected chi connectivity index (χ4v) is 3.99. The minimum absolute atomic E-state index is 0. The van der Waals surface area contributed by atoms with Crippen LogP contribution in [-0.2, 0) is 9.53 Å². The molecule has 0 radical (unpaired) electrons. The van der Waals surface area contributed by atoms with Gasteiger partial charge in [-0.1, -0.05) is 6.92 Å². The molecule has 2 unspecified atom stereocenters. The Bertz CT molecular complexity index is 298. The van der Waals surface area contributed by atoms with Crippen molar-refractivity contribution >= 4 is 30.1 Å². The first-order valence-electron chi connectivity index (χ1n) is 6.72. The summed E-state index contributed by atoms with van der Waals surface area (Å²) in [4.78, 5) is 14.0. The number of thioether (sulfide) groups is 1. The third-order valence-electron chi connectivity index (χ3n) is 4.02. The molecule has 0 aromatic carbocycles. The highest BCUT2D eigenvalue weighted by molar-refractivity contribution is 7.99. The zero-order valence-electron chi connectivity index (χ0n) is 11.8. The Morgan fingerprint density at radius 3 is 3.00 bits per heavy atom. The van der Waals surface area contributed by atoms with E-state index in [1.165, 1.54) is 19.3 Å². The van der Waals surface area contributed by atoms with Gasteiger partial charge in [0, 0.05) is 37.2 Å². The van der Waals surface area contributed by atoms with Gasteiger partial charge in [0.2, 0.25) is 0 Å². The van der Waals surface area contributed by atoms with Crippen molar-refractivity contribution in [2.75, 3.05) is 44.8 Å². The monoisotopic (exact) mass is 308 g/mol. The molecule has 2 aliphatic heterocycles. The molecule has 1 N–H and O–H groups in total. The molecule has 2 rings (SSSR count). The molecule has 0 aromatic rings. The Kier molecular flexibility index (Phi) is 6.94. The van der Waals surface area contributed by atoms with E-state index in [2.05, 4.69) is 17.1 Å². The van der Waals surface area contributed by atoms with Gasteiger partial charge in [0.15, 0.2) is 0 Å². The van der Waals surface area contributed by atoms with Crippen LogP contribution in [0.5, 0.6) is 0 Å². The second-order valence-electron chi connectivity index (χ2n) is 5.72. The Morgan fingerprint density at radius 2 is 2.37 bits per heavy atom. The van der Waals surface area contributed by atoms with Gasteiger partial charge in [-0.3, -0.25) is 9.69 Å². The summed E-state index contributed by atoms with van der Waals surface area (Å²) in [6.07, 6.45) is 1.77. The lowest BCUT2D eigenvalue weighted by Crippen LogP contribution is -2.48. The molecule has 0 spiro atoms. The number of hydrogen-bond donors (Lipinski definition) is 1. The smallest absolute Gasteiger partial charge is 0.307 e. The molecule has 2 fully saturated rings. The van der Waals surface area contributed by atoms with E-state index >= 15 is 0 Å². The molecule has 0 amide bonds. The predicted molar refractivity (Wildman–Crippen MR) is 82.2 cm³/mol. The number of halogens is 1. The van der Waals surface area contributed by atoms with Crippen LogP contribution in [0.2, 0.25) is 0 Å². The maximum atomic E-state index is 11.5. The number of esters is 1. The van der Waals surface area contributed by atoms with Crippen LogP contribution in [-0.4, -0.2) is 61.7 Å². The van der Waals surface area contributed by atoms with Crippen molar-refractivity contribution in [3.8, 4) is 0 Å². The number of methoxy groups -OCH3 is 1. The summed E-state index contributed by atoms with van der Waals surface area (Å²) in [6.45, 7) is 6.77. The van der Waals surface area contributed by atoms with E-state index < -0.39 is 0 Å². The summed E-state index contributed by atoms with van der Waals surface area (Å²) in [5.74, 6) is 2.15. The number of nitrogens with one attached hydrogen (secondary N) is 1. The van der Waals surface area contributed by atoms with Crippen molar-refractivity contribution in [1.29, 1.82) is 0 Å². The summed E-state index contributed by atoms with van der Waals surface area (Å²) in [6, 6.07) is 0.355. The highest BCUT2D eigenvalue weighted by atomic mass is 35.5. The minimum Gasteiger partial charge on any atom is -0.469 e. The summed E-state index contributed by atoms with van der Waals surface area (Å²) in [5.41, 5.74) is 0.371. The number of hydrogen-bond acceptors (Lipinski definition) is 5. The van der Waals surface area contributed by atoms with Gasteiger partial charge in [-0.15, -0.1) is 12.4 Å². The predicted octanol–water partition coefficient (Wildman–Crippen LogP) is 1.39. The average molecular weight is 309 g/mol. The number of rotatable bonds is 4. The molecular weight excluding hydrogens is 284 g/mol. The fourth-order valence-electron chi connectivity index (χ4n) is 2.86. The van der Waals surface area contributed by atoms with Crippen molar-refractivity contribution in [1.82, 2.24) is 10.2 Å². The van der Waals surface area contributed by atoms with Crippen molar-refractivity contribution in [3.05, 3.63) is 0 Å². The van der Waals surface area contributed by atoms with Crippen LogP contribution in [0.4, 0.5) is 0 Å². The van der Waals surface area contributed by atoms with Crippen LogP contribution in [0.3, 0.4) is 0 Å². The van der Waals surface area contributed by atoms with E-state index in [1.807, 2.05) is 11.8 Å². The zero-order valence-corrected chi connectivity index (χ0v) is 13.4. The topological polar surface area (TPSA) is 41.6 Å². The first kappa shape index (κ1) is 17.1. The molecule has 0 bridgehead atoms. The summed E-state index contributed by atoms with van der Waals surface area (Å²) in [7, 11) is 1.48. The van der Waals surface area contributed by atoms with E-state index in [4.69, 9.17) is 4.74 Å². The van der Waals surface area contributed by atoms with Gasteiger partial charge >= 0.3 is 5.97 Å². The molecule has 2 atom stereocenters. The third-order valence-corrected chi connectivity index (χ3v) is 5.11. The molecule has 2 aliphatic rings. The molecular formula is C13H25ClN2O2S. The molecule has 0 aromatic heterocycles. The van der Waals surface area contributed by atoms with Crippen LogP contribution in [0.1, 0.15) is 19.8 Å². The average Bonchev–Trinajstić information content (AvgIpc) is 2.78. The van der Waals surface area contributed by atoms with Crippen molar-refractivity contribution in [2.24, 2.45) is 5.41 Å². The molecule has 112 valence electrons. The van der Waals surface area contributed by atoms with E-state index in [9.17, 15) is 4.79 Å². The first-order valence-corrected chi connectivity index (χ1v) is 7.88. The van der Waals surface area contributed by atoms with Crippen molar-refractivity contribution in [3.63, 3.8) is 0 Å². The molecule has 2 saturated heterocycles. The van der Waals surface area contributed by atoms with E-state index in [-0.39, 0.29) is 18.4 Å². The lowest BCUT2D eigenvalue weighted by atomic mass is 9.88. The number of carbonyl (C=O) groups excluding carboxylic acids is 1. The van der Waals surface area contributed by atoms with Crippen LogP contribution < -0.4 is 5.32 Å². The van der Waals surface area contributed by atoms with Gasteiger partial charge < -0.3 is 10.1 Å². The summed E-state index contributed by atoms with van der Waals surface area (Å²) < 4.78 is 4.81. The summed E-state index contributed by atoms with van der Waals surface area (Å²) >= 11 is 1.95. The quantitative estimate of drug-likeness (QED) is 0.795. The van der Waals surface area contributed by atoms with Crippen molar-refractivity contribution in [2.45, 2.75) is 25.8 Å². The number of ether oxygens (including phenoxy) is 1. The highest BCUT2D eigenvalue weighted by Crippen LogP contribution is 2.29. The first-order chi connectivity index (χ1) is 8.63. The zero-order chi connectivity index (χ0) is 13.0. The number of carbonyl (C=O) groups is 1. The van der Waals surface area contributed by atoms with Gasteiger partial charge in [-0.25, -0.2) is 0 Å². The normalized spacial score (nSPS) is 31.8. The summed E-state index contributed by atoms with van der Waals surface area (Å²) in [5, 5.41) is 3.45. The van der Waals surface area contributed by atoms with E-state index in [0.717, 1.165) is 31.9 Å². The molecule has 19 heavy (non-hydrogen) atoms. The van der Waals surface area contributed by atoms with Crippen LogP contribution in [0, 0.1) is 5.41 Å². The molecule has 0 saturated carbocycles.